The monoisotopic (exact) mass is 472 g/mol. The predicted octanol–water partition coefficient (Wildman–Crippen LogP) is 6.30. The van der Waals surface area contributed by atoms with Crippen LogP contribution in [0, 0.1) is 5.92 Å². The molecule has 2 aromatic carbocycles. The minimum Gasteiger partial charge on any atom is -0.390 e. The van der Waals surface area contributed by atoms with Crippen molar-refractivity contribution in [1.29, 1.82) is 0 Å². The summed E-state index contributed by atoms with van der Waals surface area (Å²) in [5.41, 5.74) is 0.919. The van der Waals surface area contributed by atoms with Crippen molar-refractivity contribution in [1.82, 2.24) is 9.21 Å². The molecule has 3 nitrogen and oxygen atoms in total. The minimum atomic E-state index is -0.459. The van der Waals surface area contributed by atoms with Crippen LogP contribution in [0.5, 0.6) is 0 Å². The highest BCUT2D eigenvalue weighted by Crippen LogP contribution is 2.36. The fourth-order valence-corrected chi connectivity index (χ4v) is 6.37. The van der Waals surface area contributed by atoms with E-state index in [9.17, 15) is 5.11 Å². The highest BCUT2D eigenvalue weighted by atomic mass is 35.5. The van der Waals surface area contributed by atoms with Crippen molar-refractivity contribution in [2.24, 2.45) is 5.92 Å². The molecule has 1 N–H and O–H groups in total. The van der Waals surface area contributed by atoms with Gasteiger partial charge in [0.2, 0.25) is 0 Å². The molecule has 0 spiro atoms. The Bertz CT molecular complexity index is 823. The van der Waals surface area contributed by atoms with E-state index in [0.29, 0.717) is 6.04 Å². The van der Waals surface area contributed by atoms with Crippen LogP contribution in [0.1, 0.15) is 50.5 Å². The number of aryl methyl sites for hydroxylation is 1. The Labute approximate surface area is 203 Å². The van der Waals surface area contributed by atoms with E-state index in [-0.39, 0.29) is 0 Å². The first-order chi connectivity index (χ1) is 15.5. The molecule has 0 radical (unpaired) electrons. The lowest BCUT2D eigenvalue weighted by Crippen LogP contribution is -2.45. The Morgan fingerprint density at radius 3 is 2.50 bits per heavy atom. The SMILES string of the molecule is CN(Sc1ccc(Cl)cc1)C1CCC(CN2CCC(O)(CCCc3ccccc3)CC2)C1. The maximum absolute atomic E-state index is 11.1. The number of piperidine rings is 1. The van der Waals surface area contributed by atoms with E-state index in [1.165, 1.54) is 36.3 Å². The number of nitrogens with zero attached hydrogens (tertiary/aromatic N) is 2. The Morgan fingerprint density at radius 2 is 1.78 bits per heavy atom. The zero-order chi connectivity index (χ0) is 22.4. The fraction of sp³-hybridized carbons (Fsp3) is 0.556. The normalized spacial score (nSPS) is 23.6. The molecule has 174 valence electrons. The molecule has 1 saturated heterocycles. The molecular formula is C27H37ClN2OS. The lowest BCUT2D eigenvalue weighted by Gasteiger charge is -2.39. The van der Waals surface area contributed by atoms with Gasteiger partial charge in [-0.25, -0.2) is 4.31 Å². The van der Waals surface area contributed by atoms with Crippen LogP contribution in [-0.2, 0) is 6.42 Å². The molecule has 0 bridgehead atoms. The summed E-state index contributed by atoms with van der Waals surface area (Å²) in [6.07, 6.45) is 8.77. The van der Waals surface area contributed by atoms with Crippen molar-refractivity contribution in [3.05, 3.63) is 65.2 Å². The molecule has 1 aliphatic carbocycles. The number of aliphatic hydroxyl groups is 1. The molecule has 0 amide bonds. The Balaban J connectivity index is 1.15. The van der Waals surface area contributed by atoms with E-state index in [1.807, 2.05) is 24.1 Å². The van der Waals surface area contributed by atoms with Crippen molar-refractivity contribution < 1.29 is 5.11 Å². The molecule has 2 atom stereocenters. The Morgan fingerprint density at radius 1 is 1.06 bits per heavy atom. The van der Waals surface area contributed by atoms with Crippen molar-refractivity contribution in [3.8, 4) is 0 Å². The van der Waals surface area contributed by atoms with Gasteiger partial charge in [0, 0.05) is 35.6 Å². The number of hydrogen-bond donors (Lipinski definition) is 1. The van der Waals surface area contributed by atoms with Crippen LogP contribution in [-0.4, -0.2) is 52.6 Å². The summed E-state index contributed by atoms with van der Waals surface area (Å²) in [7, 11) is 2.22. The summed E-state index contributed by atoms with van der Waals surface area (Å²) in [6.45, 7) is 3.27. The summed E-state index contributed by atoms with van der Waals surface area (Å²) in [4.78, 5) is 3.85. The van der Waals surface area contributed by atoms with Crippen molar-refractivity contribution in [2.45, 2.75) is 67.9 Å². The molecule has 2 aliphatic rings. The van der Waals surface area contributed by atoms with Gasteiger partial charge in [-0.05, 0) is 106 Å². The summed E-state index contributed by atoms with van der Waals surface area (Å²) >= 11 is 7.84. The van der Waals surface area contributed by atoms with Gasteiger partial charge in [-0.2, -0.15) is 0 Å². The molecule has 2 aromatic rings. The smallest absolute Gasteiger partial charge is 0.0672 e. The maximum atomic E-state index is 11.1. The fourth-order valence-electron chi connectivity index (χ4n) is 5.31. The largest absolute Gasteiger partial charge is 0.390 e. The highest BCUT2D eigenvalue weighted by molar-refractivity contribution is 7.97. The first-order valence-electron chi connectivity index (χ1n) is 12.1. The molecule has 1 aliphatic heterocycles. The summed E-state index contributed by atoms with van der Waals surface area (Å²) in [5.74, 6) is 0.776. The maximum Gasteiger partial charge on any atom is 0.0672 e. The molecule has 2 fully saturated rings. The van der Waals surface area contributed by atoms with Crippen molar-refractivity contribution in [2.75, 3.05) is 26.7 Å². The molecule has 5 heteroatoms. The van der Waals surface area contributed by atoms with Gasteiger partial charge < -0.3 is 10.0 Å². The molecular weight excluding hydrogens is 436 g/mol. The zero-order valence-corrected chi connectivity index (χ0v) is 20.8. The van der Waals surface area contributed by atoms with Gasteiger partial charge in [-0.1, -0.05) is 41.9 Å². The summed E-state index contributed by atoms with van der Waals surface area (Å²) < 4.78 is 2.44. The van der Waals surface area contributed by atoms with Gasteiger partial charge >= 0.3 is 0 Å². The Hall–Kier alpha value is -1.04. The third kappa shape index (κ3) is 6.98. The number of likely N-dealkylation sites (tertiary alicyclic amines) is 1. The third-order valence-electron chi connectivity index (χ3n) is 7.34. The van der Waals surface area contributed by atoms with E-state index in [2.05, 4.69) is 58.7 Å². The van der Waals surface area contributed by atoms with Crippen LogP contribution >= 0.6 is 23.5 Å². The Kier molecular flexibility index (Phi) is 8.58. The van der Waals surface area contributed by atoms with E-state index < -0.39 is 5.60 Å². The lowest BCUT2D eigenvalue weighted by molar-refractivity contribution is -0.0314. The van der Waals surface area contributed by atoms with Crippen LogP contribution in [0.4, 0.5) is 0 Å². The average molecular weight is 473 g/mol. The number of halogens is 1. The van der Waals surface area contributed by atoms with Crippen LogP contribution in [0.2, 0.25) is 5.02 Å². The van der Waals surface area contributed by atoms with Gasteiger partial charge in [0.05, 0.1) is 5.60 Å². The third-order valence-corrected chi connectivity index (χ3v) is 8.67. The standard InChI is InChI=1S/C27H37ClN2OS/c1-29(32-26-13-10-24(28)11-14-26)25-12-9-23(20-25)21-30-18-16-27(31,17-19-30)15-5-8-22-6-3-2-4-7-22/h2-4,6-7,10-11,13-14,23,25,31H,5,8-9,12,15-21H2,1H3. The van der Waals surface area contributed by atoms with Gasteiger partial charge in [0.15, 0.2) is 0 Å². The number of hydrogen-bond acceptors (Lipinski definition) is 4. The van der Waals surface area contributed by atoms with E-state index in [4.69, 9.17) is 11.6 Å². The summed E-state index contributed by atoms with van der Waals surface area (Å²) in [6, 6.07) is 19.4. The number of benzene rings is 2. The second-order valence-electron chi connectivity index (χ2n) is 9.79. The van der Waals surface area contributed by atoms with Crippen LogP contribution in [0.15, 0.2) is 59.5 Å². The quantitative estimate of drug-likeness (QED) is 0.433. The lowest BCUT2D eigenvalue weighted by atomic mass is 9.85. The molecule has 32 heavy (non-hydrogen) atoms. The van der Waals surface area contributed by atoms with Crippen LogP contribution < -0.4 is 0 Å². The van der Waals surface area contributed by atoms with Crippen molar-refractivity contribution >= 4 is 23.5 Å². The first-order valence-corrected chi connectivity index (χ1v) is 13.3. The molecule has 0 aromatic heterocycles. The van der Waals surface area contributed by atoms with Gasteiger partial charge in [0.1, 0.15) is 0 Å². The summed E-state index contributed by atoms with van der Waals surface area (Å²) in [5, 5.41) is 11.8. The average Bonchev–Trinajstić information content (AvgIpc) is 3.27. The predicted molar refractivity (Wildman–Crippen MR) is 136 cm³/mol. The van der Waals surface area contributed by atoms with E-state index in [1.54, 1.807) is 0 Å². The zero-order valence-electron chi connectivity index (χ0n) is 19.3. The second-order valence-corrected chi connectivity index (χ2v) is 11.5. The van der Waals surface area contributed by atoms with E-state index in [0.717, 1.165) is 56.1 Å². The van der Waals surface area contributed by atoms with Crippen LogP contribution in [0.3, 0.4) is 0 Å². The molecule has 1 heterocycles. The van der Waals surface area contributed by atoms with Gasteiger partial charge in [0.25, 0.3) is 0 Å². The molecule has 4 rings (SSSR count). The minimum absolute atomic E-state index is 0.459. The first kappa shape index (κ1) is 24.1. The van der Waals surface area contributed by atoms with Gasteiger partial charge in [-0.3, -0.25) is 0 Å². The topological polar surface area (TPSA) is 26.7 Å². The highest BCUT2D eigenvalue weighted by Gasteiger charge is 2.34. The van der Waals surface area contributed by atoms with E-state index >= 15 is 0 Å². The molecule has 1 saturated carbocycles. The van der Waals surface area contributed by atoms with Gasteiger partial charge in [-0.15, -0.1) is 0 Å². The second kappa shape index (κ2) is 11.4. The molecule has 2 unspecified atom stereocenters. The number of rotatable bonds is 9. The van der Waals surface area contributed by atoms with Crippen LogP contribution in [0.25, 0.3) is 0 Å². The van der Waals surface area contributed by atoms with Crippen molar-refractivity contribution in [3.63, 3.8) is 0 Å².